The number of benzene rings is 1. The second-order valence-corrected chi connectivity index (χ2v) is 5.31. The molecule has 84 valence electrons. The molecule has 0 unspecified atom stereocenters. The maximum atomic E-state index is 6.18. The first kappa shape index (κ1) is 10.7. The molecule has 0 aliphatic rings. The molecule has 0 spiro atoms. The number of nitrogens with zero attached hydrogens (tertiary/aromatic N) is 2. The van der Waals surface area contributed by atoms with Gasteiger partial charge in [-0.3, -0.25) is 0 Å². The van der Waals surface area contributed by atoms with E-state index < -0.39 is 0 Å². The Morgan fingerprint density at radius 1 is 1.12 bits per heavy atom. The molecule has 0 N–H and O–H groups in total. The molecule has 0 aliphatic carbocycles. The minimum atomic E-state index is 0.526. The van der Waals surface area contributed by atoms with Crippen molar-refractivity contribution in [2.75, 3.05) is 0 Å². The molecule has 4 heteroatoms. The Bertz CT molecular complexity index is 676. The van der Waals surface area contributed by atoms with Crippen molar-refractivity contribution in [3.8, 4) is 11.1 Å². The van der Waals surface area contributed by atoms with E-state index in [4.69, 9.17) is 11.6 Å². The highest BCUT2D eigenvalue weighted by atomic mass is 35.5. The number of thiophene rings is 1. The van der Waals surface area contributed by atoms with Gasteiger partial charge in [-0.1, -0.05) is 41.9 Å². The molecule has 0 radical (unpaired) electrons. The zero-order chi connectivity index (χ0) is 11.8. The third-order valence-corrected chi connectivity index (χ3v) is 3.98. The fourth-order valence-corrected chi connectivity index (χ4v) is 3.26. The van der Waals surface area contributed by atoms with Crippen molar-refractivity contribution in [1.82, 2.24) is 9.97 Å². The molecule has 0 saturated carbocycles. The van der Waals surface area contributed by atoms with Crippen LogP contribution in [0.25, 0.3) is 21.3 Å². The van der Waals surface area contributed by atoms with Gasteiger partial charge in [0, 0.05) is 10.4 Å². The Balaban J connectivity index is 2.40. The summed E-state index contributed by atoms with van der Waals surface area (Å²) in [7, 11) is 0. The van der Waals surface area contributed by atoms with Gasteiger partial charge in [-0.25, -0.2) is 9.97 Å². The standard InChI is InChI=1S/C13H9ClN2S/c1-8-10(9-5-3-2-4-6-9)11-12(14)15-7-16-13(11)17-8/h2-7H,1H3. The van der Waals surface area contributed by atoms with Crippen molar-refractivity contribution in [2.24, 2.45) is 0 Å². The fourth-order valence-electron chi connectivity index (χ4n) is 1.96. The van der Waals surface area contributed by atoms with E-state index in [0.29, 0.717) is 5.15 Å². The van der Waals surface area contributed by atoms with E-state index in [1.54, 1.807) is 11.3 Å². The normalized spacial score (nSPS) is 10.9. The lowest BCUT2D eigenvalue weighted by Crippen LogP contribution is -1.82. The summed E-state index contributed by atoms with van der Waals surface area (Å²) in [4.78, 5) is 10.5. The minimum absolute atomic E-state index is 0.526. The third-order valence-electron chi connectivity index (χ3n) is 2.68. The number of halogens is 1. The highest BCUT2D eigenvalue weighted by Crippen LogP contribution is 2.39. The lowest BCUT2D eigenvalue weighted by Gasteiger charge is -2.01. The summed E-state index contributed by atoms with van der Waals surface area (Å²) < 4.78 is 0. The summed E-state index contributed by atoms with van der Waals surface area (Å²) >= 11 is 7.83. The van der Waals surface area contributed by atoms with Gasteiger partial charge in [0.15, 0.2) is 0 Å². The van der Waals surface area contributed by atoms with E-state index in [0.717, 1.165) is 21.3 Å². The van der Waals surface area contributed by atoms with Crippen LogP contribution in [0.15, 0.2) is 36.7 Å². The number of hydrogen-bond acceptors (Lipinski definition) is 3. The van der Waals surface area contributed by atoms with Gasteiger partial charge in [0.25, 0.3) is 0 Å². The molecule has 17 heavy (non-hydrogen) atoms. The van der Waals surface area contributed by atoms with E-state index in [2.05, 4.69) is 29.0 Å². The van der Waals surface area contributed by atoms with Gasteiger partial charge in [0.1, 0.15) is 16.3 Å². The van der Waals surface area contributed by atoms with Crippen LogP contribution in [-0.2, 0) is 0 Å². The number of rotatable bonds is 1. The number of aryl methyl sites for hydroxylation is 1. The van der Waals surface area contributed by atoms with Gasteiger partial charge in [-0.2, -0.15) is 0 Å². The summed E-state index contributed by atoms with van der Waals surface area (Å²) in [5, 5.41) is 1.49. The predicted octanol–water partition coefficient (Wildman–Crippen LogP) is 4.32. The van der Waals surface area contributed by atoms with Crippen LogP contribution in [0.5, 0.6) is 0 Å². The molecule has 0 atom stereocenters. The molecule has 2 nitrogen and oxygen atoms in total. The van der Waals surface area contributed by atoms with Gasteiger partial charge in [0.2, 0.25) is 0 Å². The van der Waals surface area contributed by atoms with E-state index in [1.165, 1.54) is 11.2 Å². The van der Waals surface area contributed by atoms with Crippen LogP contribution in [0.4, 0.5) is 0 Å². The zero-order valence-corrected chi connectivity index (χ0v) is 10.7. The molecule has 0 bridgehead atoms. The molecule has 0 fully saturated rings. The van der Waals surface area contributed by atoms with Gasteiger partial charge in [-0.05, 0) is 12.5 Å². The Hall–Kier alpha value is -1.45. The Morgan fingerprint density at radius 2 is 1.88 bits per heavy atom. The first-order chi connectivity index (χ1) is 8.27. The summed E-state index contributed by atoms with van der Waals surface area (Å²) in [5.74, 6) is 0. The van der Waals surface area contributed by atoms with Gasteiger partial charge in [0.05, 0.1) is 5.39 Å². The summed E-state index contributed by atoms with van der Waals surface area (Å²) in [5.41, 5.74) is 2.31. The average Bonchev–Trinajstić information content (AvgIpc) is 2.68. The maximum Gasteiger partial charge on any atom is 0.141 e. The van der Waals surface area contributed by atoms with Crippen molar-refractivity contribution in [2.45, 2.75) is 6.92 Å². The predicted molar refractivity (Wildman–Crippen MR) is 72.6 cm³/mol. The van der Waals surface area contributed by atoms with Crippen LogP contribution in [0.2, 0.25) is 5.15 Å². The van der Waals surface area contributed by atoms with Crippen molar-refractivity contribution >= 4 is 33.2 Å². The number of hydrogen-bond donors (Lipinski definition) is 0. The molecule has 0 amide bonds. The Labute approximate surface area is 108 Å². The van der Waals surface area contributed by atoms with Crippen LogP contribution in [0.1, 0.15) is 4.88 Å². The third kappa shape index (κ3) is 1.72. The van der Waals surface area contributed by atoms with Gasteiger partial charge < -0.3 is 0 Å². The quantitative estimate of drug-likeness (QED) is 0.609. The van der Waals surface area contributed by atoms with E-state index in [-0.39, 0.29) is 0 Å². The van der Waals surface area contributed by atoms with E-state index in [1.807, 2.05) is 18.2 Å². The molecule has 1 aromatic carbocycles. The minimum Gasteiger partial charge on any atom is -0.225 e. The Morgan fingerprint density at radius 3 is 2.65 bits per heavy atom. The first-order valence-corrected chi connectivity index (χ1v) is 6.42. The summed E-state index contributed by atoms with van der Waals surface area (Å²) in [6.45, 7) is 2.09. The second kappa shape index (κ2) is 4.09. The maximum absolute atomic E-state index is 6.18. The second-order valence-electron chi connectivity index (χ2n) is 3.74. The number of aromatic nitrogens is 2. The van der Waals surface area contributed by atoms with Gasteiger partial charge >= 0.3 is 0 Å². The fraction of sp³-hybridized carbons (Fsp3) is 0.0769. The molecular formula is C13H9ClN2S. The largest absolute Gasteiger partial charge is 0.225 e. The summed E-state index contributed by atoms with van der Waals surface area (Å²) in [6, 6.07) is 10.2. The number of fused-ring (bicyclic) bond motifs is 1. The van der Waals surface area contributed by atoms with Crippen molar-refractivity contribution in [3.63, 3.8) is 0 Å². The van der Waals surface area contributed by atoms with Crippen LogP contribution in [-0.4, -0.2) is 9.97 Å². The summed E-state index contributed by atoms with van der Waals surface area (Å²) in [6.07, 6.45) is 1.51. The van der Waals surface area contributed by atoms with E-state index in [9.17, 15) is 0 Å². The topological polar surface area (TPSA) is 25.8 Å². The van der Waals surface area contributed by atoms with Gasteiger partial charge in [-0.15, -0.1) is 11.3 Å². The molecule has 2 heterocycles. The lowest BCUT2D eigenvalue weighted by molar-refractivity contribution is 1.23. The highest BCUT2D eigenvalue weighted by Gasteiger charge is 2.14. The molecule has 0 aliphatic heterocycles. The molecule has 3 aromatic rings. The molecular weight excluding hydrogens is 252 g/mol. The first-order valence-electron chi connectivity index (χ1n) is 5.22. The van der Waals surface area contributed by atoms with E-state index >= 15 is 0 Å². The van der Waals surface area contributed by atoms with Crippen LogP contribution < -0.4 is 0 Å². The lowest BCUT2D eigenvalue weighted by atomic mass is 10.0. The highest BCUT2D eigenvalue weighted by molar-refractivity contribution is 7.19. The monoisotopic (exact) mass is 260 g/mol. The van der Waals surface area contributed by atoms with Crippen molar-refractivity contribution < 1.29 is 0 Å². The average molecular weight is 261 g/mol. The molecule has 0 saturated heterocycles. The molecule has 3 rings (SSSR count). The van der Waals surface area contributed by atoms with Crippen molar-refractivity contribution in [1.29, 1.82) is 0 Å². The zero-order valence-electron chi connectivity index (χ0n) is 9.14. The SMILES string of the molecule is Cc1sc2ncnc(Cl)c2c1-c1ccccc1. The van der Waals surface area contributed by atoms with Crippen molar-refractivity contribution in [3.05, 3.63) is 46.7 Å². The Kier molecular flexibility index (Phi) is 2.57. The van der Waals surface area contributed by atoms with Crippen LogP contribution >= 0.6 is 22.9 Å². The smallest absolute Gasteiger partial charge is 0.141 e. The van der Waals surface area contributed by atoms with Crippen LogP contribution in [0.3, 0.4) is 0 Å². The molecule has 2 aromatic heterocycles. The van der Waals surface area contributed by atoms with Crippen LogP contribution in [0, 0.1) is 6.92 Å².